The van der Waals surface area contributed by atoms with Crippen LogP contribution < -0.4 is 0 Å². The number of aromatic nitrogens is 3. The van der Waals surface area contributed by atoms with E-state index in [4.69, 9.17) is 0 Å². The van der Waals surface area contributed by atoms with E-state index in [9.17, 15) is 4.79 Å². The molecule has 164 valence electrons. The summed E-state index contributed by atoms with van der Waals surface area (Å²) in [7, 11) is 0. The van der Waals surface area contributed by atoms with E-state index >= 15 is 0 Å². The summed E-state index contributed by atoms with van der Waals surface area (Å²) < 4.78 is 0. The first-order chi connectivity index (χ1) is 15.0. The van der Waals surface area contributed by atoms with Gasteiger partial charge in [-0.05, 0) is 37.6 Å². The van der Waals surface area contributed by atoms with Crippen molar-refractivity contribution in [3.05, 3.63) is 47.8 Å². The lowest BCUT2D eigenvalue weighted by atomic mass is 10.2. The van der Waals surface area contributed by atoms with E-state index in [0.29, 0.717) is 6.04 Å². The van der Waals surface area contributed by atoms with Crippen molar-refractivity contribution < 1.29 is 4.79 Å². The number of para-hydroxylation sites is 2. The summed E-state index contributed by atoms with van der Waals surface area (Å²) in [5.41, 5.74) is 4.43. The van der Waals surface area contributed by atoms with Gasteiger partial charge >= 0.3 is 0 Å². The number of imidazole rings is 1. The lowest BCUT2D eigenvalue weighted by Crippen LogP contribution is -2.53. The second kappa shape index (κ2) is 10.1. The molecule has 0 aliphatic carbocycles. The molecule has 1 fully saturated rings. The van der Waals surface area contributed by atoms with Crippen molar-refractivity contribution in [2.75, 3.05) is 31.9 Å². The van der Waals surface area contributed by atoms with Crippen LogP contribution in [0.1, 0.15) is 25.1 Å². The molecule has 1 N–H and O–H groups in total. The van der Waals surface area contributed by atoms with Gasteiger partial charge < -0.3 is 9.88 Å². The first-order valence-corrected chi connectivity index (χ1v) is 12.6. The summed E-state index contributed by atoms with van der Waals surface area (Å²) in [6, 6.07) is 10.5. The summed E-state index contributed by atoms with van der Waals surface area (Å²) in [5.74, 6) is 2.01. The zero-order valence-corrected chi connectivity index (χ0v) is 19.9. The third-order valence-corrected chi connectivity index (χ3v) is 7.78. The van der Waals surface area contributed by atoms with Gasteiger partial charge in [0.15, 0.2) is 5.16 Å². The molecule has 1 unspecified atom stereocenters. The van der Waals surface area contributed by atoms with Crippen LogP contribution in [0.15, 0.2) is 46.6 Å². The van der Waals surface area contributed by atoms with Crippen LogP contribution in [0.25, 0.3) is 11.0 Å². The predicted molar refractivity (Wildman–Crippen MR) is 129 cm³/mol. The summed E-state index contributed by atoms with van der Waals surface area (Å²) in [6.45, 7) is 9.74. The molecular weight excluding hydrogens is 426 g/mol. The van der Waals surface area contributed by atoms with Gasteiger partial charge in [0.05, 0.1) is 16.7 Å². The number of hydrogen-bond acceptors (Lipinski definition) is 6. The molecule has 0 radical (unpaired) electrons. The minimum atomic E-state index is 0.182. The topological polar surface area (TPSA) is 65.1 Å². The molecule has 3 aromatic rings. The zero-order chi connectivity index (χ0) is 21.8. The van der Waals surface area contributed by atoms with Crippen LogP contribution in [0.4, 0.5) is 0 Å². The van der Waals surface area contributed by atoms with E-state index < -0.39 is 0 Å². The van der Waals surface area contributed by atoms with Gasteiger partial charge in [0.2, 0.25) is 5.91 Å². The van der Waals surface area contributed by atoms with Crippen molar-refractivity contribution in [2.24, 2.45) is 0 Å². The number of fused-ring (bicyclic) bond motifs is 1. The number of rotatable bonds is 7. The molecule has 1 aliphatic rings. The van der Waals surface area contributed by atoms with Crippen LogP contribution in [0.2, 0.25) is 0 Å². The van der Waals surface area contributed by atoms with Gasteiger partial charge in [-0.2, -0.15) is 0 Å². The molecule has 1 aliphatic heterocycles. The highest BCUT2D eigenvalue weighted by Crippen LogP contribution is 2.28. The van der Waals surface area contributed by atoms with Crippen molar-refractivity contribution >= 4 is 40.5 Å². The van der Waals surface area contributed by atoms with Crippen LogP contribution in [0.3, 0.4) is 0 Å². The Balaban J connectivity index is 1.30. The summed E-state index contributed by atoms with van der Waals surface area (Å²) >= 11 is 3.59. The Hall–Kier alpha value is -2.03. The number of H-pyrrole nitrogens is 1. The minimum absolute atomic E-state index is 0.182. The number of nitrogens with zero attached hydrogens (tertiary/aromatic N) is 4. The Kier molecular flexibility index (Phi) is 7.20. The number of nitrogens with one attached hydrogen (secondary N) is 1. The SMILES string of the molecule is CC(=O)N1CCN(CCSc2ccnc(CSc3nc4ccccc4[nH]3)c2C)CC1C. The highest BCUT2D eigenvalue weighted by Gasteiger charge is 2.24. The fourth-order valence-corrected chi connectivity index (χ4v) is 5.95. The summed E-state index contributed by atoms with van der Waals surface area (Å²) in [6.07, 6.45) is 1.91. The third-order valence-electron chi connectivity index (χ3n) is 5.75. The van der Waals surface area contributed by atoms with Crippen molar-refractivity contribution in [3.63, 3.8) is 0 Å². The third kappa shape index (κ3) is 5.42. The van der Waals surface area contributed by atoms with Crippen LogP contribution in [-0.4, -0.2) is 68.6 Å². The van der Waals surface area contributed by atoms with E-state index in [0.717, 1.165) is 59.6 Å². The Labute approximate surface area is 192 Å². The Morgan fingerprint density at radius 1 is 1.23 bits per heavy atom. The number of carbonyl (C=O) groups excluding carboxylic acids is 1. The highest BCUT2D eigenvalue weighted by atomic mass is 32.2. The highest BCUT2D eigenvalue weighted by molar-refractivity contribution is 7.99. The average molecular weight is 456 g/mol. The molecular formula is C23H29N5OS2. The van der Waals surface area contributed by atoms with Crippen molar-refractivity contribution in [1.29, 1.82) is 0 Å². The largest absolute Gasteiger partial charge is 0.338 e. The number of benzene rings is 1. The number of aromatic amines is 1. The molecule has 8 heteroatoms. The predicted octanol–water partition coefficient (Wildman–Crippen LogP) is 4.20. The molecule has 2 aromatic heterocycles. The second-order valence-corrected chi connectivity index (χ2v) is 10.0. The number of amides is 1. The van der Waals surface area contributed by atoms with Crippen LogP contribution in [0, 0.1) is 6.92 Å². The van der Waals surface area contributed by atoms with E-state index in [2.05, 4.69) is 39.8 Å². The number of carbonyl (C=O) groups is 1. The van der Waals surface area contributed by atoms with E-state index in [1.807, 2.05) is 47.1 Å². The fourth-order valence-electron chi connectivity index (χ4n) is 3.98. The van der Waals surface area contributed by atoms with Gasteiger partial charge in [0, 0.05) is 61.7 Å². The quantitative estimate of drug-likeness (QED) is 0.539. The number of thioether (sulfide) groups is 2. The molecule has 3 heterocycles. The maximum atomic E-state index is 11.7. The second-order valence-electron chi connectivity index (χ2n) is 7.94. The monoisotopic (exact) mass is 455 g/mol. The average Bonchev–Trinajstić information content (AvgIpc) is 3.17. The Bertz CT molecular complexity index is 1020. The summed E-state index contributed by atoms with van der Waals surface area (Å²) in [5, 5.41) is 0.930. The molecule has 0 bridgehead atoms. The number of piperazine rings is 1. The van der Waals surface area contributed by atoms with Crippen LogP contribution >= 0.6 is 23.5 Å². The molecule has 4 rings (SSSR count). The van der Waals surface area contributed by atoms with Gasteiger partial charge in [-0.15, -0.1) is 11.8 Å². The molecule has 1 aromatic carbocycles. The Morgan fingerprint density at radius 2 is 2.06 bits per heavy atom. The molecule has 0 spiro atoms. The smallest absolute Gasteiger partial charge is 0.219 e. The fraction of sp³-hybridized carbons (Fsp3) is 0.435. The Morgan fingerprint density at radius 3 is 2.84 bits per heavy atom. The van der Waals surface area contributed by atoms with E-state index in [-0.39, 0.29) is 5.91 Å². The maximum absolute atomic E-state index is 11.7. The standard InChI is InChI=1S/C23H29N5OS2/c1-16-14-27(10-11-28(16)18(3)29)12-13-30-22-8-9-24-21(17(22)2)15-31-23-25-19-6-4-5-7-20(19)26-23/h4-9,16H,10-15H2,1-3H3,(H,25,26). The summed E-state index contributed by atoms with van der Waals surface area (Å²) in [4.78, 5) is 30.0. The van der Waals surface area contributed by atoms with Crippen molar-refractivity contribution in [2.45, 2.75) is 42.6 Å². The van der Waals surface area contributed by atoms with Crippen molar-refractivity contribution in [3.8, 4) is 0 Å². The number of pyridine rings is 1. The lowest BCUT2D eigenvalue weighted by molar-refractivity contribution is -0.133. The molecule has 6 nitrogen and oxygen atoms in total. The first-order valence-electron chi connectivity index (χ1n) is 10.7. The molecule has 31 heavy (non-hydrogen) atoms. The van der Waals surface area contributed by atoms with Crippen LogP contribution in [-0.2, 0) is 10.5 Å². The molecule has 1 saturated heterocycles. The minimum Gasteiger partial charge on any atom is -0.338 e. The lowest BCUT2D eigenvalue weighted by Gasteiger charge is -2.39. The maximum Gasteiger partial charge on any atom is 0.219 e. The van der Waals surface area contributed by atoms with Crippen molar-refractivity contribution in [1.82, 2.24) is 24.8 Å². The molecule has 1 amide bonds. The van der Waals surface area contributed by atoms with Gasteiger partial charge in [-0.25, -0.2) is 4.98 Å². The molecule has 1 atom stereocenters. The van der Waals surface area contributed by atoms with E-state index in [1.165, 1.54) is 10.5 Å². The van der Waals surface area contributed by atoms with Gasteiger partial charge in [0.25, 0.3) is 0 Å². The normalized spacial score (nSPS) is 17.4. The first kappa shape index (κ1) is 22.2. The van der Waals surface area contributed by atoms with Gasteiger partial charge in [-0.1, -0.05) is 23.9 Å². The zero-order valence-electron chi connectivity index (χ0n) is 18.3. The van der Waals surface area contributed by atoms with Gasteiger partial charge in [-0.3, -0.25) is 14.7 Å². The van der Waals surface area contributed by atoms with Gasteiger partial charge in [0.1, 0.15) is 0 Å². The molecule has 0 saturated carbocycles. The van der Waals surface area contributed by atoms with Crippen LogP contribution in [0.5, 0.6) is 0 Å². The van der Waals surface area contributed by atoms with E-state index in [1.54, 1.807) is 18.7 Å². The number of hydrogen-bond donors (Lipinski definition) is 1.